The first-order valence-electron chi connectivity index (χ1n) is 8.52. The Morgan fingerprint density at radius 3 is 2.96 bits per heavy atom. The van der Waals surface area contributed by atoms with Gasteiger partial charge >= 0.3 is 0 Å². The molecule has 5 nitrogen and oxygen atoms in total. The number of aromatic nitrogens is 2. The Bertz CT molecular complexity index is 684. The maximum atomic E-state index is 5.66. The van der Waals surface area contributed by atoms with Crippen molar-refractivity contribution >= 4 is 5.69 Å². The van der Waals surface area contributed by atoms with Gasteiger partial charge in [0.1, 0.15) is 0 Å². The van der Waals surface area contributed by atoms with E-state index in [1.807, 2.05) is 6.07 Å². The number of rotatable bonds is 4. The summed E-state index contributed by atoms with van der Waals surface area (Å²) in [6.07, 6.45) is 6.86. The Labute approximate surface area is 136 Å². The van der Waals surface area contributed by atoms with Crippen LogP contribution < -0.4 is 5.32 Å². The summed E-state index contributed by atoms with van der Waals surface area (Å²) in [5, 5.41) is 7.74. The number of nitrogens with zero attached hydrogens (tertiary/aromatic N) is 2. The lowest BCUT2D eigenvalue weighted by atomic mass is 9.74. The van der Waals surface area contributed by atoms with Crippen molar-refractivity contribution in [2.24, 2.45) is 0 Å². The van der Waals surface area contributed by atoms with Crippen LogP contribution in [0.1, 0.15) is 43.5 Å². The van der Waals surface area contributed by atoms with E-state index in [1.165, 1.54) is 30.5 Å². The van der Waals surface area contributed by atoms with Gasteiger partial charge in [-0.05, 0) is 37.0 Å². The first-order valence-corrected chi connectivity index (χ1v) is 8.52. The summed E-state index contributed by atoms with van der Waals surface area (Å²) < 4.78 is 11.2. The molecule has 1 aromatic heterocycles. The minimum Gasteiger partial charge on any atom is -0.384 e. The molecule has 0 amide bonds. The van der Waals surface area contributed by atoms with E-state index < -0.39 is 0 Å². The molecular weight excluding hydrogens is 290 g/mol. The summed E-state index contributed by atoms with van der Waals surface area (Å²) in [6.45, 7) is 1.64. The van der Waals surface area contributed by atoms with E-state index >= 15 is 0 Å². The third-order valence-electron chi connectivity index (χ3n) is 5.23. The van der Waals surface area contributed by atoms with Crippen LogP contribution in [0.2, 0.25) is 0 Å². The first kappa shape index (κ1) is 14.7. The van der Waals surface area contributed by atoms with Gasteiger partial charge in [-0.25, -0.2) is 0 Å². The second-order valence-corrected chi connectivity index (χ2v) is 6.71. The van der Waals surface area contributed by atoms with Crippen molar-refractivity contribution in [2.45, 2.75) is 43.9 Å². The highest BCUT2D eigenvalue weighted by Gasteiger charge is 2.38. The van der Waals surface area contributed by atoms with Gasteiger partial charge in [-0.1, -0.05) is 30.5 Å². The summed E-state index contributed by atoms with van der Waals surface area (Å²) >= 11 is 0. The average Bonchev–Trinajstić information content (AvgIpc) is 3.25. The molecule has 1 N–H and O–H groups in total. The topological polar surface area (TPSA) is 60.2 Å². The predicted octanol–water partition coefficient (Wildman–Crippen LogP) is 3.55. The quantitative estimate of drug-likeness (QED) is 0.935. The fraction of sp³-hybridized carbons (Fsp3) is 0.556. The van der Waals surface area contributed by atoms with Crippen LogP contribution in [0.3, 0.4) is 0 Å². The van der Waals surface area contributed by atoms with E-state index in [4.69, 9.17) is 14.2 Å². The average molecular weight is 313 g/mol. The van der Waals surface area contributed by atoms with E-state index in [-0.39, 0.29) is 5.41 Å². The lowest BCUT2D eigenvalue weighted by molar-refractivity contribution is 0.0961. The zero-order chi connectivity index (χ0) is 15.7. The van der Waals surface area contributed by atoms with Crippen LogP contribution in [0.4, 0.5) is 5.69 Å². The number of nitrogens with one attached hydrogen (secondary N) is 1. The maximum Gasteiger partial charge on any atom is 0.258 e. The molecule has 2 aromatic rings. The van der Waals surface area contributed by atoms with Gasteiger partial charge in [-0.15, -0.1) is 0 Å². The Balaban J connectivity index is 1.70. The number of hydrogen-bond donors (Lipinski definition) is 1. The molecule has 0 atom stereocenters. The van der Waals surface area contributed by atoms with Gasteiger partial charge in [-0.3, -0.25) is 0 Å². The third kappa shape index (κ3) is 2.53. The molecule has 2 aliphatic rings. The molecule has 1 fully saturated rings. The number of ether oxygens (including phenoxy) is 1. The second-order valence-electron chi connectivity index (χ2n) is 6.71. The van der Waals surface area contributed by atoms with E-state index in [0.717, 1.165) is 37.2 Å². The Morgan fingerprint density at radius 1 is 1.26 bits per heavy atom. The van der Waals surface area contributed by atoms with Gasteiger partial charge < -0.3 is 14.6 Å². The van der Waals surface area contributed by atoms with Crippen molar-refractivity contribution in [3.8, 4) is 11.5 Å². The summed E-state index contributed by atoms with van der Waals surface area (Å²) in [5.74, 6) is 1.46. The molecule has 122 valence electrons. The predicted molar refractivity (Wildman–Crippen MR) is 88.6 cm³/mol. The second kappa shape index (κ2) is 5.96. The molecular formula is C18H23N3O2. The number of anilines is 1. The number of benzene rings is 1. The third-order valence-corrected chi connectivity index (χ3v) is 5.23. The Hall–Kier alpha value is -1.88. The van der Waals surface area contributed by atoms with Crippen LogP contribution >= 0.6 is 0 Å². The molecule has 0 spiro atoms. The molecule has 23 heavy (non-hydrogen) atoms. The standard InChI is InChI=1S/C18H23N3O2/c1-22-12-18(9-3-2-4-10-18)17-20-16(23-21-17)14-6-5-7-15-13(14)8-11-19-15/h5-7,19H,2-4,8-12H2,1H3. The van der Waals surface area contributed by atoms with Crippen molar-refractivity contribution in [3.63, 3.8) is 0 Å². The van der Waals surface area contributed by atoms with Crippen molar-refractivity contribution in [1.82, 2.24) is 10.1 Å². The van der Waals surface area contributed by atoms with Crippen LogP contribution in [0.5, 0.6) is 0 Å². The summed E-state index contributed by atoms with van der Waals surface area (Å²) in [7, 11) is 1.76. The van der Waals surface area contributed by atoms with Crippen LogP contribution in [0.25, 0.3) is 11.5 Å². The molecule has 1 aromatic carbocycles. The maximum absolute atomic E-state index is 5.66. The number of hydrogen-bond acceptors (Lipinski definition) is 5. The normalized spacial score (nSPS) is 19.3. The van der Waals surface area contributed by atoms with Crippen molar-refractivity contribution in [1.29, 1.82) is 0 Å². The highest BCUT2D eigenvalue weighted by molar-refractivity contribution is 5.71. The van der Waals surface area contributed by atoms with Crippen LogP contribution in [-0.4, -0.2) is 30.4 Å². The van der Waals surface area contributed by atoms with E-state index in [2.05, 4.69) is 22.6 Å². The van der Waals surface area contributed by atoms with E-state index in [9.17, 15) is 0 Å². The molecule has 0 bridgehead atoms. The van der Waals surface area contributed by atoms with Gasteiger partial charge in [0.15, 0.2) is 5.82 Å². The summed E-state index contributed by atoms with van der Waals surface area (Å²) in [5.41, 5.74) is 3.46. The van der Waals surface area contributed by atoms with Gasteiger partial charge in [0.2, 0.25) is 0 Å². The van der Waals surface area contributed by atoms with Crippen LogP contribution in [0.15, 0.2) is 22.7 Å². The number of fused-ring (bicyclic) bond motifs is 1. The SMILES string of the molecule is COCC1(c2noc(-c3cccc4c3CCN4)n2)CCCCC1. The molecule has 0 unspecified atom stereocenters. The molecule has 4 rings (SSSR count). The highest BCUT2D eigenvalue weighted by atomic mass is 16.5. The smallest absolute Gasteiger partial charge is 0.258 e. The Morgan fingerprint density at radius 2 is 2.13 bits per heavy atom. The van der Waals surface area contributed by atoms with Gasteiger partial charge in [0.05, 0.1) is 12.0 Å². The van der Waals surface area contributed by atoms with Gasteiger partial charge in [-0.2, -0.15) is 4.98 Å². The van der Waals surface area contributed by atoms with Gasteiger partial charge in [0, 0.05) is 24.9 Å². The van der Waals surface area contributed by atoms with Crippen LogP contribution in [0, 0.1) is 0 Å². The summed E-state index contributed by atoms with van der Waals surface area (Å²) in [4.78, 5) is 4.79. The van der Waals surface area contributed by atoms with Crippen LogP contribution in [-0.2, 0) is 16.6 Å². The lowest BCUT2D eigenvalue weighted by Crippen LogP contribution is -2.35. The van der Waals surface area contributed by atoms with Gasteiger partial charge in [0.25, 0.3) is 5.89 Å². The molecule has 1 aliphatic carbocycles. The van der Waals surface area contributed by atoms with Crippen molar-refractivity contribution in [3.05, 3.63) is 29.6 Å². The van der Waals surface area contributed by atoms with E-state index in [1.54, 1.807) is 7.11 Å². The van der Waals surface area contributed by atoms with Crippen molar-refractivity contribution in [2.75, 3.05) is 25.6 Å². The molecule has 0 saturated heterocycles. The fourth-order valence-electron chi connectivity index (χ4n) is 4.03. The fourth-order valence-corrected chi connectivity index (χ4v) is 4.03. The molecule has 0 radical (unpaired) electrons. The molecule has 2 heterocycles. The molecule has 1 aliphatic heterocycles. The number of methoxy groups -OCH3 is 1. The summed E-state index contributed by atoms with van der Waals surface area (Å²) in [6, 6.07) is 6.23. The zero-order valence-corrected chi connectivity index (χ0v) is 13.6. The van der Waals surface area contributed by atoms with Crippen molar-refractivity contribution < 1.29 is 9.26 Å². The monoisotopic (exact) mass is 313 g/mol. The highest BCUT2D eigenvalue weighted by Crippen LogP contribution is 2.39. The Kier molecular flexibility index (Phi) is 3.81. The first-order chi connectivity index (χ1) is 11.3. The largest absolute Gasteiger partial charge is 0.384 e. The minimum atomic E-state index is -0.0784. The minimum absolute atomic E-state index is 0.0784. The lowest BCUT2D eigenvalue weighted by Gasteiger charge is -2.33. The van der Waals surface area contributed by atoms with E-state index in [0.29, 0.717) is 12.5 Å². The molecule has 5 heteroatoms. The molecule has 1 saturated carbocycles. The zero-order valence-electron chi connectivity index (χ0n) is 13.6.